The number of hydrogen-bond acceptors (Lipinski definition) is 4. The van der Waals surface area contributed by atoms with Crippen LogP contribution >= 0.6 is 11.8 Å². The SMILES string of the molecule is CCOc1ccccc1CN(C)S(=O)(=O)c1ccc(SC)cc1. The first-order valence-electron chi connectivity index (χ1n) is 7.30. The number of hydrogen-bond donors (Lipinski definition) is 0. The molecule has 4 nitrogen and oxygen atoms in total. The van der Waals surface area contributed by atoms with Gasteiger partial charge in [-0.25, -0.2) is 8.42 Å². The summed E-state index contributed by atoms with van der Waals surface area (Å²) < 4.78 is 32.3. The molecule has 0 atom stereocenters. The van der Waals surface area contributed by atoms with Gasteiger partial charge in [0.25, 0.3) is 0 Å². The number of rotatable bonds is 7. The molecule has 0 saturated heterocycles. The predicted octanol–water partition coefficient (Wildman–Crippen LogP) is 3.63. The van der Waals surface area contributed by atoms with Crippen LogP contribution in [0.3, 0.4) is 0 Å². The number of nitrogens with zero attached hydrogens (tertiary/aromatic N) is 1. The van der Waals surface area contributed by atoms with Crippen LogP contribution in [0.25, 0.3) is 0 Å². The quantitative estimate of drug-likeness (QED) is 0.715. The molecule has 0 amide bonds. The van der Waals surface area contributed by atoms with Gasteiger partial charge in [-0.15, -0.1) is 11.8 Å². The van der Waals surface area contributed by atoms with E-state index in [0.717, 1.165) is 16.2 Å². The molecule has 2 aromatic carbocycles. The Morgan fingerprint density at radius 2 is 1.74 bits per heavy atom. The smallest absolute Gasteiger partial charge is 0.243 e. The standard InChI is InChI=1S/C17H21NO3S2/c1-4-21-17-8-6-5-7-14(17)13-18(2)23(19,20)16-11-9-15(22-3)10-12-16/h5-12H,4,13H2,1-3H3. The summed E-state index contributed by atoms with van der Waals surface area (Å²) in [5, 5.41) is 0. The van der Waals surface area contributed by atoms with Gasteiger partial charge in [-0.1, -0.05) is 18.2 Å². The summed E-state index contributed by atoms with van der Waals surface area (Å²) in [6, 6.07) is 14.4. The molecule has 0 bridgehead atoms. The molecular weight excluding hydrogens is 330 g/mol. The molecule has 0 aliphatic rings. The summed E-state index contributed by atoms with van der Waals surface area (Å²) >= 11 is 1.58. The van der Waals surface area contributed by atoms with Gasteiger partial charge >= 0.3 is 0 Å². The molecule has 0 heterocycles. The highest BCUT2D eigenvalue weighted by Crippen LogP contribution is 2.24. The van der Waals surface area contributed by atoms with Crippen molar-refractivity contribution in [1.29, 1.82) is 0 Å². The molecule has 6 heteroatoms. The Kier molecular flexibility index (Phi) is 6.10. The third kappa shape index (κ3) is 4.28. The molecule has 124 valence electrons. The Hall–Kier alpha value is -1.50. The molecule has 2 aromatic rings. The zero-order valence-electron chi connectivity index (χ0n) is 13.5. The number of sulfonamides is 1. The van der Waals surface area contributed by atoms with Crippen LogP contribution in [-0.2, 0) is 16.6 Å². The first-order valence-corrected chi connectivity index (χ1v) is 9.96. The second-order valence-electron chi connectivity index (χ2n) is 4.98. The van der Waals surface area contributed by atoms with Crippen LogP contribution in [0.1, 0.15) is 12.5 Å². The minimum absolute atomic E-state index is 0.267. The predicted molar refractivity (Wildman–Crippen MR) is 94.5 cm³/mol. The van der Waals surface area contributed by atoms with Gasteiger partial charge in [0.1, 0.15) is 5.75 Å². The maximum absolute atomic E-state index is 12.7. The van der Waals surface area contributed by atoms with E-state index in [4.69, 9.17) is 4.74 Å². The van der Waals surface area contributed by atoms with E-state index in [1.165, 1.54) is 4.31 Å². The van der Waals surface area contributed by atoms with Gasteiger partial charge < -0.3 is 4.74 Å². The highest BCUT2D eigenvalue weighted by molar-refractivity contribution is 7.98. The Labute approximate surface area is 142 Å². The monoisotopic (exact) mass is 351 g/mol. The zero-order chi connectivity index (χ0) is 16.9. The summed E-state index contributed by atoms with van der Waals surface area (Å²) in [6.07, 6.45) is 1.96. The minimum Gasteiger partial charge on any atom is -0.494 e. The fourth-order valence-corrected chi connectivity index (χ4v) is 3.74. The van der Waals surface area contributed by atoms with Crippen molar-refractivity contribution in [2.24, 2.45) is 0 Å². The van der Waals surface area contributed by atoms with E-state index in [-0.39, 0.29) is 6.54 Å². The molecule has 0 radical (unpaired) electrons. The Bertz CT molecular complexity index is 743. The lowest BCUT2D eigenvalue weighted by molar-refractivity contribution is 0.332. The van der Waals surface area contributed by atoms with E-state index in [2.05, 4.69) is 0 Å². The number of benzene rings is 2. The summed E-state index contributed by atoms with van der Waals surface area (Å²) in [5.41, 5.74) is 0.848. The van der Waals surface area contributed by atoms with Crippen molar-refractivity contribution < 1.29 is 13.2 Å². The van der Waals surface area contributed by atoms with Crippen LogP contribution in [0, 0.1) is 0 Å². The minimum atomic E-state index is -3.53. The van der Waals surface area contributed by atoms with E-state index >= 15 is 0 Å². The number of ether oxygens (including phenoxy) is 1. The van der Waals surface area contributed by atoms with E-state index < -0.39 is 10.0 Å². The first kappa shape index (κ1) is 17.8. The Morgan fingerprint density at radius 1 is 1.09 bits per heavy atom. The molecule has 0 aromatic heterocycles. The molecule has 0 fully saturated rings. The second-order valence-corrected chi connectivity index (χ2v) is 7.90. The normalized spacial score (nSPS) is 11.7. The lowest BCUT2D eigenvalue weighted by atomic mass is 10.2. The van der Waals surface area contributed by atoms with E-state index in [0.29, 0.717) is 11.5 Å². The summed E-state index contributed by atoms with van der Waals surface area (Å²) in [4.78, 5) is 1.33. The van der Waals surface area contributed by atoms with Gasteiger partial charge in [-0.3, -0.25) is 0 Å². The van der Waals surface area contributed by atoms with Gasteiger partial charge in [0.05, 0.1) is 11.5 Å². The van der Waals surface area contributed by atoms with E-state index in [9.17, 15) is 8.42 Å². The lowest BCUT2D eigenvalue weighted by Crippen LogP contribution is -2.26. The average molecular weight is 351 g/mol. The van der Waals surface area contributed by atoms with Crippen molar-refractivity contribution in [3.63, 3.8) is 0 Å². The molecule has 23 heavy (non-hydrogen) atoms. The highest BCUT2D eigenvalue weighted by Gasteiger charge is 2.21. The van der Waals surface area contributed by atoms with Crippen LogP contribution in [0.4, 0.5) is 0 Å². The van der Waals surface area contributed by atoms with Crippen LogP contribution in [0.2, 0.25) is 0 Å². The maximum atomic E-state index is 12.7. The third-order valence-electron chi connectivity index (χ3n) is 3.43. The second kappa shape index (κ2) is 7.86. The fraction of sp³-hybridized carbons (Fsp3) is 0.294. The summed E-state index contributed by atoms with van der Waals surface area (Å²) in [7, 11) is -1.94. The molecule has 0 spiro atoms. The summed E-state index contributed by atoms with van der Waals surface area (Å²) in [5.74, 6) is 0.717. The first-order chi connectivity index (χ1) is 11.0. The van der Waals surface area contributed by atoms with Crippen molar-refractivity contribution >= 4 is 21.8 Å². The largest absolute Gasteiger partial charge is 0.494 e. The van der Waals surface area contributed by atoms with Gasteiger partial charge in [0.15, 0.2) is 0 Å². The molecule has 0 unspecified atom stereocenters. The van der Waals surface area contributed by atoms with Gasteiger partial charge in [0, 0.05) is 24.1 Å². The number of para-hydroxylation sites is 1. The van der Waals surface area contributed by atoms with Crippen molar-refractivity contribution in [3.05, 3.63) is 54.1 Å². The highest BCUT2D eigenvalue weighted by atomic mass is 32.2. The molecule has 0 aliphatic heterocycles. The van der Waals surface area contributed by atoms with Crippen LogP contribution < -0.4 is 4.74 Å². The Balaban J connectivity index is 2.23. The Morgan fingerprint density at radius 3 is 2.35 bits per heavy atom. The van der Waals surface area contributed by atoms with Crippen molar-refractivity contribution in [3.8, 4) is 5.75 Å². The molecule has 0 aliphatic carbocycles. The van der Waals surface area contributed by atoms with Gasteiger partial charge in [0.2, 0.25) is 10.0 Å². The topological polar surface area (TPSA) is 46.6 Å². The van der Waals surface area contributed by atoms with Crippen molar-refractivity contribution in [2.45, 2.75) is 23.3 Å². The van der Waals surface area contributed by atoms with E-state index in [1.54, 1.807) is 30.9 Å². The van der Waals surface area contributed by atoms with Crippen LogP contribution in [0.15, 0.2) is 58.3 Å². The molecule has 0 N–H and O–H groups in total. The molecular formula is C17H21NO3S2. The van der Waals surface area contributed by atoms with Crippen molar-refractivity contribution in [2.75, 3.05) is 19.9 Å². The third-order valence-corrected chi connectivity index (χ3v) is 5.99. The molecule has 0 saturated carbocycles. The van der Waals surface area contributed by atoms with Gasteiger partial charge in [-0.2, -0.15) is 4.31 Å². The van der Waals surface area contributed by atoms with Crippen molar-refractivity contribution in [1.82, 2.24) is 4.31 Å². The van der Waals surface area contributed by atoms with Gasteiger partial charge in [-0.05, 0) is 43.5 Å². The van der Waals surface area contributed by atoms with Crippen LogP contribution in [-0.4, -0.2) is 32.6 Å². The van der Waals surface area contributed by atoms with E-state index in [1.807, 2.05) is 49.6 Å². The maximum Gasteiger partial charge on any atom is 0.243 e. The lowest BCUT2D eigenvalue weighted by Gasteiger charge is -2.19. The van der Waals surface area contributed by atoms with Crippen LogP contribution in [0.5, 0.6) is 5.75 Å². The number of thioether (sulfide) groups is 1. The average Bonchev–Trinajstić information content (AvgIpc) is 2.57. The zero-order valence-corrected chi connectivity index (χ0v) is 15.2. The summed E-state index contributed by atoms with van der Waals surface area (Å²) in [6.45, 7) is 2.72. The fourth-order valence-electron chi connectivity index (χ4n) is 2.18. The molecule has 2 rings (SSSR count).